The number of carboxylic acids is 1. The van der Waals surface area contributed by atoms with Crippen LogP contribution in [0.4, 0.5) is 4.79 Å². The predicted octanol–water partition coefficient (Wildman–Crippen LogP) is 3.71. The van der Waals surface area contributed by atoms with Crippen LogP contribution in [-0.4, -0.2) is 54.4 Å². The molecule has 6 heteroatoms. The van der Waals surface area contributed by atoms with E-state index in [9.17, 15) is 14.7 Å². The van der Waals surface area contributed by atoms with Crippen LogP contribution in [0.2, 0.25) is 0 Å². The van der Waals surface area contributed by atoms with Gasteiger partial charge >= 0.3 is 12.1 Å². The smallest absolute Gasteiger partial charge is 0.407 e. The summed E-state index contributed by atoms with van der Waals surface area (Å²) < 4.78 is 5.48. The normalized spacial score (nSPS) is 19.2. The number of ether oxygens (including phenoxy) is 1. The highest BCUT2D eigenvalue weighted by molar-refractivity contribution is 5.81. The second-order valence-electron chi connectivity index (χ2n) is 8.34. The third-order valence-corrected chi connectivity index (χ3v) is 6.18. The van der Waals surface area contributed by atoms with Crippen molar-refractivity contribution in [2.45, 2.75) is 31.7 Å². The molecule has 2 aliphatic rings. The van der Waals surface area contributed by atoms with Gasteiger partial charge < -0.3 is 20.1 Å². The maximum atomic E-state index is 12.4. The van der Waals surface area contributed by atoms with Crippen molar-refractivity contribution in [2.24, 2.45) is 5.92 Å². The topological polar surface area (TPSA) is 78.9 Å². The lowest BCUT2D eigenvalue weighted by molar-refractivity contribution is -0.139. The number of nitrogens with one attached hydrogen (secondary N) is 1. The number of hydrogen-bond acceptors (Lipinski definition) is 4. The standard InChI is InChI=1S/C24H28N2O4/c1-16-10-12-26(14-16)13-11-22(23(27)28)25-24(29)30-15-21-19-8-4-2-6-17(19)18-7-3-5-9-20(18)21/h2-9,16,21-22H,10-15H2,1H3,(H,25,29)(H,27,28). The summed E-state index contributed by atoms with van der Waals surface area (Å²) in [5.41, 5.74) is 4.57. The third-order valence-electron chi connectivity index (χ3n) is 6.18. The van der Waals surface area contributed by atoms with E-state index in [0.717, 1.165) is 41.8 Å². The van der Waals surface area contributed by atoms with Gasteiger partial charge in [-0.25, -0.2) is 9.59 Å². The molecule has 4 rings (SSSR count). The Balaban J connectivity index is 1.35. The first-order valence-corrected chi connectivity index (χ1v) is 10.6. The number of nitrogens with zero attached hydrogens (tertiary/aromatic N) is 1. The molecule has 0 bridgehead atoms. The quantitative estimate of drug-likeness (QED) is 0.730. The summed E-state index contributed by atoms with van der Waals surface area (Å²) >= 11 is 0. The zero-order valence-corrected chi connectivity index (χ0v) is 17.2. The Morgan fingerprint density at radius 2 is 1.77 bits per heavy atom. The van der Waals surface area contributed by atoms with E-state index < -0.39 is 18.1 Å². The molecule has 2 atom stereocenters. The summed E-state index contributed by atoms with van der Waals surface area (Å²) in [7, 11) is 0. The van der Waals surface area contributed by atoms with E-state index in [1.165, 1.54) is 0 Å². The Morgan fingerprint density at radius 3 is 2.33 bits per heavy atom. The van der Waals surface area contributed by atoms with Crippen molar-refractivity contribution in [1.29, 1.82) is 0 Å². The molecule has 1 saturated heterocycles. The summed E-state index contributed by atoms with van der Waals surface area (Å²) in [5.74, 6) is -0.434. The van der Waals surface area contributed by atoms with E-state index in [1.807, 2.05) is 24.3 Å². The van der Waals surface area contributed by atoms with Crippen molar-refractivity contribution >= 4 is 12.1 Å². The van der Waals surface area contributed by atoms with Gasteiger partial charge in [0, 0.05) is 19.0 Å². The molecule has 1 amide bonds. The molecule has 2 N–H and O–H groups in total. The van der Waals surface area contributed by atoms with Gasteiger partial charge in [-0.2, -0.15) is 0 Å². The van der Waals surface area contributed by atoms with E-state index in [2.05, 4.69) is 41.4 Å². The van der Waals surface area contributed by atoms with E-state index in [0.29, 0.717) is 18.9 Å². The van der Waals surface area contributed by atoms with Crippen molar-refractivity contribution in [2.75, 3.05) is 26.2 Å². The summed E-state index contributed by atoms with van der Waals surface area (Å²) in [6.07, 6.45) is 0.822. The fraction of sp³-hybridized carbons (Fsp3) is 0.417. The van der Waals surface area contributed by atoms with Crippen LogP contribution in [-0.2, 0) is 9.53 Å². The molecule has 158 valence electrons. The first kappa shape index (κ1) is 20.4. The lowest BCUT2D eigenvalue weighted by atomic mass is 9.98. The van der Waals surface area contributed by atoms with Crippen LogP contribution >= 0.6 is 0 Å². The van der Waals surface area contributed by atoms with Gasteiger partial charge in [0.1, 0.15) is 12.6 Å². The van der Waals surface area contributed by atoms with Crippen molar-refractivity contribution in [1.82, 2.24) is 10.2 Å². The van der Waals surface area contributed by atoms with Gasteiger partial charge in [0.25, 0.3) is 0 Å². The highest BCUT2D eigenvalue weighted by Gasteiger charge is 2.30. The molecule has 6 nitrogen and oxygen atoms in total. The maximum absolute atomic E-state index is 12.4. The predicted molar refractivity (Wildman–Crippen MR) is 114 cm³/mol. The highest BCUT2D eigenvalue weighted by Crippen LogP contribution is 2.44. The minimum Gasteiger partial charge on any atom is -0.480 e. The molecule has 1 fully saturated rings. The molecular weight excluding hydrogens is 380 g/mol. The second-order valence-corrected chi connectivity index (χ2v) is 8.34. The van der Waals surface area contributed by atoms with E-state index in [4.69, 9.17) is 4.74 Å². The van der Waals surface area contributed by atoms with Gasteiger partial charge in [-0.05, 0) is 47.6 Å². The van der Waals surface area contributed by atoms with Crippen LogP contribution in [0.25, 0.3) is 11.1 Å². The van der Waals surface area contributed by atoms with Crippen molar-refractivity contribution in [3.8, 4) is 11.1 Å². The number of carbonyl (C=O) groups excluding carboxylic acids is 1. The first-order valence-electron chi connectivity index (χ1n) is 10.6. The van der Waals surface area contributed by atoms with Crippen LogP contribution in [0.3, 0.4) is 0 Å². The van der Waals surface area contributed by atoms with Crippen molar-refractivity contribution in [3.05, 3.63) is 59.7 Å². The molecule has 1 heterocycles. The molecule has 2 unspecified atom stereocenters. The maximum Gasteiger partial charge on any atom is 0.407 e. The average Bonchev–Trinajstić information content (AvgIpc) is 3.30. The average molecular weight is 408 g/mol. The molecule has 0 spiro atoms. The van der Waals surface area contributed by atoms with Crippen LogP contribution in [0.1, 0.15) is 36.8 Å². The molecule has 1 aliphatic heterocycles. The number of amides is 1. The summed E-state index contributed by atoms with van der Waals surface area (Å²) in [4.78, 5) is 26.2. The fourth-order valence-electron chi connectivity index (χ4n) is 4.58. The van der Waals surface area contributed by atoms with Gasteiger partial charge in [0.05, 0.1) is 0 Å². The number of likely N-dealkylation sites (tertiary alicyclic amines) is 1. The zero-order valence-electron chi connectivity index (χ0n) is 17.2. The Kier molecular flexibility index (Phi) is 6.04. The van der Waals surface area contributed by atoms with Crippen LogP contribution in [0, 0.1) is 5.92 Å². The van der Waals surface area contributed by atoms with Gasteiger partial charge in [-0.3, -0.25) is 0 Å². The van der Waals surface area contributed by atoms with Gasteiger partial charge in [0.2, 0.25) is 0 Å². The van der Waals surface area contributed by atoms with Crippen LogP contribution < -0.4 is 5.32 Å². The Labute approximate surface area is 176 Å². The Bertz CT molecular complexity index is 883. The molecular formula is C24H28N2O4. The monoisotopic (exact) mass is 408 g/mol. The molecule has 2 aromatic rings. The molecule has 30 heavy (non-hydrogen) atoms. The number of carboxylic acid groups (broad SMARTS) is 1. The van der Waals surface area contributed by atoms with E-state index in [-0.39, 0.29) is 12.5 Å². The Morgan fingerprint density at radius 1 is 1.13 bits per heavy atom. The van der Waals surface area contributed by atoms with Crippen LogP contribution in [0.5, 0.6) is 0 Å². The van der Waals surface area contributed by atoms with Crippen molar-refractivity contribution in [3.63, 3.8) is 0 Å². The van der Waals surface area contributed by atoms with Gasteiger partial charge in [-0.1, -0.05) is 55.5 Å². The van der Waals surface area contributed by atoms with Gasteiger partial charge in [-0.15, -0.1) is 0 Å². The summed E-state index contributed by atoms with van der Waals surface area (Å²) in [5, 5.41) is 12.0. The lowest BCUT2D eigenvalue weighted by Gasteiger charge is -2.20. The molecule has 0 saturated carbocycles. The molecule has 2 aromatic carbocycles. The first-order chi connectivity index (χ1) is 14.5. The van der Waals surface area contributed by atoms with Gasteiger partial charge in [0.15, 0.2) is 0 Å². The number of rotatable bonds is 7. The molecule has 0 radical (unpaired) electrons. The zero-order chi connectivity index (χ0) is 21.1. The number of fused-ring (bicyclic) bond motifs is 3. The Hall–Kier alpha value is -2.86. The molecule has 1 aliphatic carbocycles. The third kappa shape index (κ3) is 4.33. The second kappa shape index (κ2) is 8.88. The summed E-state index contributed by atoms with van der Waals surface area (Å²) in [6.45, 7) is 5.00. The largest absolute Gasteiger partial charge is 0.480 e. The molecule has 0 aromatic heterocycles. The lowest BCUT2D eigenvalue weighted by Crippen LogP contribution is -2.43. The highest BCUT2D eigenvalue weighted by atomic mass is 16.5. The number of benzene rings is 2. The van der Waals surface area contributed by atoms with E-state index >= 15 is 0 Å². The number of alkyl carbamates (subject to hydrolysis) is 1. The minimum absolute atomic E-state index is 0.0440. The van der Waals surface area contributed by atoms with Crippen LogP contribution in [0.15, 0.2) is 48.5 Å². The fourth-order valence-corrected chi connectivity index (χ4v) is 4.58. The SMILES string of the molecule is CC1CCN(CCC(NC(=O)OCC2c3ccccc3-c3ccccc32)C(=O)O)C1. The number of hydrogen-bond donors (Lipinski definition) is 2. The number of carbonyl (C=O) groups is 2. The van der Waals surface area contributed by atoms with E-state index in [1.54, 1.807) is 0 Å². The minimum atomic E-state index is -1.03. The van der Waals surface area contributed by atoms with Crippen molar-refractivity contribution < 1.29 is 19.4 Å². The number of aliphatic carboxylic acids is 1. The summed E-state index contributed by atoms with van der Waals surface area (Å²) in [6, 6.07) is 15.3.